The van der Waals surface area contributed by atoms with Crippen molar-refractivity contribution >= 4 is 29.9 Å². The summed E-state index contributed by atoms with van der Waals surface area (Å²) in [7, 11) is 0. The lowest BCUT2D eigenvalue weighted by Gasteiger charge is -2.17. The van der Waals surface area contributed by atoms with Crippen LogP contribution in [0.3, 0.4) is 0 Å². The predicted octanol–water partition coefficient (Wildman–Crippen LogP) is 2.56. The van der Waals surface area contributed by atoms with Gasteiger partial charge in [-0.2, -0.15) is 0 Å². The van der Waals surface area contributed by atoms with Gasteiger partial charge in [0.2, 0.25) is 5.91 Å². The van der Waals surface area contributed by atoms with E-state index >= 15 is 0 Å². The maximum atomic E-state index is 12.3. The predicted molar refractivity (Wildman–Crippen MR) is 94.8 cm³/mol. The smallest absolute Gasteiger partial charge is 0.251 e. The topological polar surface area (TPSA) is 84.2 Å². The van der Waals surface area contributed by atoms with E-state index in [2.05, 4.69) is 10.6 Å². The Morgan fingerprint density at radius 2 is 1.91 bits per heavy atom. The lowest BCUT2D eigenvalue weighted by atomic mass is 9.95. The van der Waals surface area contributed by atoms with Crippen molar-refractivity contribution in [3.63, 3.8) is 0 Å². The van der Waals surface area contributed by atoms with Crippen LogP contribution in [0.4, 0.5) is 5.69 Å². The molecule has 0 radical (unpaired) electrons. The van der Waals surface area contributed by atoms with E-state index in [1.165, 1.54) is 0 Å². The summed E-state index contributed by atoms with van der Waals surface area (Å²) in [6.45, 7) is 3.24. The molecule has 2 rings (SSSR count). The molecule has 1 aromatic rings. The van der Waals surface area contributed by atoms with Gasteiger partial charge < -0.3 is 16.4 Å². The molecule has 4 N–H and O–H groups in total. The summed E-state index contributed by atoms with van der Waals surface area (Å²) >= 11 is 0. The van der Waals surface area contributed by atoms with Gasteiger partial charge >= 0.3 is 0 Å². The third-order valence-electron chi connectivity index (χ3n) is 4.25. The summed E-state index contributed by atoms with van der Waals surface area (Å²) in [5, 5.41) is 5.76. The van der Waals surface area contributed by atoms with Crippen LogP contribution in [0.1, 0.15) is 43.0 Å². The Morgan fingerprint density at radius 1 is 1.22 bits per heavy atom. The molecule has 0 aromatic heterocycles. The lowest BCUT2D eigenvalue weighted by Crippen LogP contribution is -2.29. The van der Waals surface area contributed by atoms with Crippen LogP contribution in [0.25, 0.3) is 0 Å². The third kappa shape index (κ3) is 5.22. The molecule has 0 heterocycles. The largest absolute Gasteiger partial charge is 0.352 e. The summed E-state index contributed by atoms with van der Waals surface area (Å²) in [5.41, 5.74) is 7.05. The first-order chi connectivity index (χ1) is 10.7. The van der Waals surface area contributed by atoms with Gasteiger partial charge in [0.1, 0.15) is 0 Å². The first-order valence-corrected chi connectivity index (χ1v) is 8.05. The highest BCUT2D eigenvalue weighted by atomic mass is 35.5. The molecule has 23 heavy (non-hydrogen) atoms. The molecule has 0 unspecified atom stereocenters. The number of carbonyl (C=O) groups is 2. The highest BCUT2D eigenvalue weighted by Gasteiger charge is 2.31. The first-order valence-electron chi connectivity index (χ1n) is 8.05. The monoisotopic (exact) mass is 339 g/mol. The van der Waals surface area contributed by atoms with Crippen LogP contribution in [-0.4, -0.2) is 24.9 Å². The van der Waals surface area contributed by atoms with Crippen molar-refractivity contribution in [1.82, 2.24) is 5.32 Å². The normalized spacial score (nSPS) is 19.7. The molecule has 2 amide bonds. The maximum absolute atomic E-state index is 12.3. The number of hydrogen-bond acceptors (Lipinski definition) is 3. The Hall–Kier alpha value is -1.59. The molecule has 0 spiro atoms. The van der Waals surface area contributed by atoms with Crippen molar-refractivity contribution < 1.29 is 9.59 Å². The minimum Gasteiger partial charge on any atom is -0.352 e. The summed E-state index contributed by atoms with van der Waals surface area (Å²) < 4.78 is 0. The first kappa shape index (κ1) is 19.5. The molecule has 1 aliphatic carbocycles. The number of benzene rings is 1. The Morgan fingerprint density at radius 3 is 2.52 bits per heavy atom. The second-order valence-corrected chi connectivity index (χ2v) is 5.86. The highest BCUT2D eigenvalue weighted by Crippen LogP contribution is 2.31. The third-order valence-corrected chi connectivity index (χ3v) is 4.25. The summed E-state index contributed by atoms with van der Waals surface area (Å²) in [6, 6.07) is 7.00. The summed E-state index contributed by atoms with van der Waals surface area (Å²) in [5.74, 6) is 0.256. The zero-order valence-corrected chi connectivity index (χ0v) is 14.3. The molecule has 0 bridgehead atoms. The van der Waals surface area contributed by atoms with Gasteiger partial charge in [0.15, 0.2) is 0 Å². The fraction of sp³-hybridized carbons (Fsp3) is 0.529. The van der Waals surface area contributed by atoms with Gasteiger partial charge in [-0.1, -0.05) is 13.3 Å². The van der Waals surface area contributed by atoms with Gasteiger partial charge in [-0.25, -0.2) is 0 Å². The van der Waals surface area contributed by atoms with Crippen LogP contribution in [0.5, 0.6) is 0 Å². The molecule has 1 saturated carbocycles. The quantitative estimate of drug-likeness (QED) is 0.744. The van der Waals surface area contributed by atoms with Crippen molar-refractivity contribution in [3.05, 3.63) is 29.8 Å². The van der Waals surface area contributed by atoms with Gasteiger partial charge in [-0.3, -0.25) is 9.59 Å². The highest BCUT2D eigenvalue weighted by molar-refractivity contribution is 5.96. The van der Waals surface area contributed by atoms with Gasteiger partial charge in [-0.05, 0) is 56.0 Å². The molecule has 1 aromatic carbocycles. The van der Waals surface area contributed by atoms with Crippen LogP contribution < -0.4 is 16.4 Å². The SMILES string of the molecule is CCCNC(=O)c1ccc(NC(=O)[C@@H]2CCC[C@@H]2CN)cc1.Cl. The van der Waals surface area contributed by atoms with Crippen molar-refractivity contribution in [2.24, 2.45) is 17.6 Å². The molecule has 1 fully saturated rings. The van der Waals surface area contributed by atoms with Crippen LogP contribution in [-0.2, 0) is 4.79 Å². The van der Waals surface area contributed by atoms with E-state index in [-0.39, 0.29) is 30.1 Å². The van der Waals surface area contributed by atoms with E-state index in [1.54, 1.807) is 24.3 Å². The van der Waals surface area contributed by atoms with Crippen molar-refractivity contribution in [2.75, 3.05) is 18.4 Å². The van der Waals surface area contributed by atoms with E-state index < -0.39 is 0 Å². The number of carbonyl (C=O) groups excluding carboxylic acids is 2. The van der Waals surface area contributed by atoms with E-state index in [4.69, 9.17) is 5.73 Å². The van der Waals surface area contributed by atoms with Crippen molar-refractivity contribution in [1.29, 1.82) is 0 Å². The van der Waals surface area contributed by atoms with Gasteiger partial charge in [0.25, 0.3) is 5.91 Å². The number of nitrogens with one attached hydrogen (secondary N) is 2. The van der Waals surface area contributed by atoms with Crippen molar-refractivity contribution in [3.8, 4) is 0 Å². The number of anilines is 1. The summed E-state index contributed by atoms with van der Waals surface area (Å²) in [6.07, 6.45) is 3.91. The second kappa shape index (κ2) is 9.53. The number of rotatable bonds is 6. The van der Waals surface area contributed by atoms with E-state index in [0.717, 1.165) is 31.4 Å². The number of amides is 2. The molecule has 6 heteroatoms. The van der Waals surface area contributed by atoms with Crippen LogP contribution in [0.2, 0.25) is 0 Å². The average Bonchev–Trinajstić information content (AvgIpc) is 3.02. The van der Waals surface area contributed by atoms with Gasteiger partial charge in [-0.15, -0.1) is 12.4 Å². The van der Waals surface area contributed by atoms with Gasteiger partial charge in [0, 0.05) is 23.7 Å². The van der Waals surface area contributed by atoms with E-state index in [9.17, 15) is 9.59 Å². The molecule has 0 saturated heterocycles. The number of hydrogen-bond donors (Lipinski definition) is 3. The van der Waals surface area contributed by atoms with Crippen LogP contribution in [0, 0.1) is 11.8 Å². The Balaban J connectivity index is 0.00000264. The van der Waals surface area contributed by atoms with Crippen molar-refractivity contribution in [2.45, 2.75) is 32.6 Å². The molecule has 5 nitrogen and oxygen atoms in total. The minimum atomic E-state index is -0.0845. The Kier molecular flexibility index (Phi) is 8.06. The Bertz CT molecular complexity index is 519. The molecular formula is C17H26ClN3O2. The molecule has 1 aliphatic rings. The minimum absolute atomic E-state index is 0. The lowest BCUT2D eigenvalue weighted by molar-refractivity contribution is -0.120. The second-order valence-electron chi connectivity index (χ2n) is 5.86. The summed E-state index contributed by atoms with van der Waals surface area (Å²) in [4.78, 5) is 24.1. The maximum Gasteiger partial charge on any atom is 0.251 e. The fourth-order valence-corrected chi connectivity index (χ4v) is 2.94. The average molecular weight is 340 g/mol. The molecule has 0 aliphatic heterocycles. The zero-order valence-electron chi connectivity index (χ0n) is 13.5. The number of nitrogens with two attached hydrogens (primary N) is 1. The van der Waals surface area contributed by atoms with E-state index in [1.807, 2.05) is 6.92 Å². The standard InChI is InChI=1S/C17H25N3O2.ClH/c1-2-10-19-16(21)12-6-8-14(9-7-12)20-17(22)15-5-3-4-13(15)11-18;/h6-9,13,15H,2-5,10-11,18H2,1H3,(H,19,21)(H,20,22);1H/t13-,15-;/m1./s1. The van der Waals surface area contributed by atoms with Gasteiger partial charge in [0.05, 0.1) is 0 Å². The molecule has 2 atom stereocenters. The van der Waals surface area contributed by atoms with Crippen LogP contribution >= 0.6 is 12.4 Å². The van der Waals surface area contributed by atoms with Crippen LogP contribution in [0.15, 0.2) is 24.3 Å². The molecular weight excluding hydrogens is 314 g/mol. The zero-order chi connectivity index (χ0) is 15.9. The molecule has 128 valence electrons. The fourth-order valence-electron chi connectivity index (χ4n) is 2.94. The number of halogens is 1. The Labute approximate surface area is 143 Å². The van der Waals surface area contributed by atoms with E-state index in [0.29, 0.717) is 24.6 Å².